The average molecular weight is 327 g/mol. The van der Waals surface area contributed by atoms with Gasteiger partial charge in [-0.2, -0.15) is 0 Å². The van der Waals surface area contributed by atoms with Crippen molar-refractivity contribution < 1.29 is 4.79 Å². The highest BCUT2D eigenvalue weighted by Gasteiger charge is 2.23. The van der Waals surface area contributed by atoms with Gasteiger partial charge in [0, 0.05) is 36.2 Å². The molecule has 1 aromatic rings. The Kier molecular flexibility index (Phi) is 4.80. The Bertz CT molecular complexity index is 512. The third-order valence-electron chi connectivity index (χ3n) is 3.71. The van der Waals surface area contributed by atoms with E-state index in [4.69, 9.17) is 0 Å². The molecule has 104 valence electrons. The highest BCUT2D eigenvalue weighted by molar-refractivity contribution is 9.09. The van der Waals surface area contributed by atoms with E-state index in [0.29, 0.717) is 22.9 Å². The lowest BCUT2D eigenvalue weighted by Gasteiger charge is -2.27. The maximum absolute atomic E-state index is 12.0. The van der Waals surface area contributed by atoms with E-state index in [0.717, 1.165) is 6.42 Å². The number of alkyl halides is 1. The van der Waals surface area contributed by atoms with Gasteiger partial charge in [-0.25, -0.2) is 0 Å². The van der Waals surface area contributed by atoms with Gasteiger partial charge in [-0.1, -0.05) is 28.8 Å². The lowest BCUT2D eigenvalue weighted by Crippen LogP contribution is -2.35. The molecule has 1 aliphatic rings. The number of rotatable bonds is 3. The quantitative estimate of drug-likeness (QED) is 0.864. The number of pyridine rings is 1. The van der Waals surface area contributed by atoms with Crippen molar-refractivity contribution in [2.24, 2.45) is 13.0 Å². The summed E-state index contributed by atoms with van der Waals surface area (Å²) < 4.78 is 1.45. The lowest BCUT2D eigenvalue weighted by atomic mass is 9.89. The zero-order valence-corrected chi connectivity index (χ0v) is 12.6. The standard InChI is InChI=1S/C14H19BrN2O2/c1-17-7-6-10(8-13(17)18)14(19)16-9-11-4-2-3-5-12(11)15/h6-8,11-12H,2-5,9H2,1H3,(H,16,19). The van der Waals surface area contributed by atoms with E-state index in [-0.39, 0.29) is 11.5 Å². The summed E-state index contributed by atoms with van der Waals surface area (Å²) in [5, 5.41) is 2.93. The minimum absolute atomic E-state index is 0.163. The highest BCUT2D eigenvalue weighted by atomic mass is 79.9. The van der Waals surface area contributed by atoms with Crippen LogP contribution in [0.4, 0.5) is 0 Å². The molecule has 0 radical (unpaired) electrons. The smallest absolute Gasteiger partial charge is 0.251 e. The fourth-order valence-corrected chi connectivity index (χ4v) is 3.18. The number of nitrogens with one attached hydrogen (secondary N) is 1. The van der Waals surface area contributed by atoms with Gasteiger partial charge in [-0.05, 0) is 24.8 Å². The molecule has 19 heavy (non-hydrogen) atoms. The molecule has 2 atom stereocenters. The van der Waals surface area contributed by atoms with E-state index in [1.54, 1.807) is 19.3 Å². The number of hydrogen-bond acceptors (Lipinski definition) is 2. The van der Waals surface area contributed by atoms with Gasteiger partial charge in [0.25, 0.3) is 11.5 Å². The first-order chi connectivity index (χ1) is 9.08. The van der Waals surface area contributed by atoms with E-state index in [1.165, 1.54) is 29.9 Å². The number of aromatic nitrogens is 1. The summed E-state index contributed by atoms with van der Waals surface area (Å²) in [6, 6.07) is 3.05. The maximum Gasteiger partial charge on any atom is 0.251 e. The molecule has 1 aliphatic carbocycles. The van der Waals surface area contributed by atoms with Gasteiger partial charge >= 0.3 is 0 Å². The number of amides is 1. The predicted molar refractivity (Wildman–Crippen MR) is 78.7 cm³/mol. The molecule has 2 unspecified atom stereocenters. The third-order valence-corrected chi connectivity index (χ3v) is 4.91. The molecule has 0 spiro atoms. The van der Waals surface area contributed by atoms with Crippen molar-refractivity contribution in [3.8, 4) is 0 Å². The first-order valence-corrected chi connectivity index (χ1v) is 7.58. The van der Waals surface area contributed by atoms with Gasteiger partial charge in [-0.15, -0.1) is 0 Å². The molecular formula is C14H19BrN2O2. The van der Waals surface area contributed by atoms with Gasteiger partial charge < -0.3 is 9.88 Å². The third kappa shape index (κ3) is 3.69. The van der Waals surface area contributed by atoms with E-state index in [1.807, 2.05) is 0 Å². The molecule has 1 saturated carbocycles. The Balaban J connectivity index is 1.93. The first-order valence-electron chi connectivity index (χ1n) is 6.67. The second-order valence-corrected chi connectivity index (χ2v) is 6.31. The van der Waals surface area contributed by atoms with Crippen molar-refractivity contribution in [1.29, 1.82) is 0 Å². The molecule has 1 heterocycles. The number of nitrogens with zero attached hydrogens (tertiary/aromatic N) is 1. The topological polar surface area (TPSA) is 51.1 Å². The molecule has 0 aromatic carbocycles. The molecule has 1 amide bonds. The molecule has 5 heteroatoms. The molecule has 1 N–H and O–H groups in total. The second kappa shape index (κ2) is 6.37. The normalized spacial score (nSPS) is 23.1. The zero-order valence-electron chi connectivity index (χ0n) is 11.1. The van der Waals surface area contributed by atoms with Crippen molar-refractivity contribution in [3.63, 3.8) is 0 Å². The van der Waals surface area contributed by atoms with Crippen LogP contribution in [0.5, 0.6) is 0 Å². The largest absolute Gasteiger partial charge is 0.352 e. The van der Waals surface area contributed by atoms with Crippen molar-refractivity contribution >= 4 is 21.8 Å². The fraction of sp³-hybridized carbons (Fsp3) is 0.571. The highest BCUT2D eigenvalue weighted by Crippen LogP contribution is 2.29. The van der Waals surface area contributed by atoms with Crippen LogP contribution in [0.15, 0.2) is 23.1 Å². The van der Waals surface area contributed by atoms with Crippen LogP contribution in [0.25, 0.3) is 0 Å². The zero-order chi connectivity index (χ0) is 13.8. The van der Waals surface area contributed by atoms with Crippen LogP contribution in [-0.2, 0) is 7.05 Å². The average Bonchev–Trinajstić information content (AvgIpc) is 2.40. The fourth-order valence-electron chi connectivity index (χ4n) is 2.41. The molecule has 1 aromatic heterocycles. The van der Waals surface area contributed by atoms with Crippen LogP contribution in [0.1, 0.15) is 36.0 Å². The summed E-state index contributed by atoms with van der Waals surface area (Å²) in [6.45, 7) is 0.671. The second-order valence-electron chi connectivity index (χ2n) is 5.14. The van der Waals surface area contributed by atoms with Crippen LogP contribution in [0.2, 0.25) is 0 Å². The summed E-state index contributed by atoms with van der Waals surface area (Å²) in [6.07, 6.45) is 6.42. The van der Waals surface area contributed by atoms with E-state index >= 15 is 0 Å². The van der Waals surface area contributed by atoms with Crippen molar-refractivity contribution in [2.75, 3.05) is 6.54 Å². The monoisotopic (exact) mass is 326 g/mol. The summed E-state index contributed by atoms with van der Waals surface area (Å²) in [5.74, 6) is 0.326. The van der Waals surface area contributed by atoms with Crippen LogP contribution in [0.3, 0.4) is 0 Å². The van der Waals surface area contributed by atoms with Crippen molar-refractivity contribution in [2.45, 2.75) is 30.5 Å². The minimum Gasteiger partial charge on any atom is -0.352 e. The number of aryl methyl sites for hydroxylation is 1. The van der Waals surface area contributed by atoms with Gasteiger partial charge in [-0.3, -0.25) is 9.59 Å². The van der Waals surface area contributed by atoms with Crippen LogP contribution in [0, 0.1) is 5.92 Å². The molecule has 1 fully saturated rings. The summed E-state index contributed by atoms with van der Waals surface area (Å²) in [7, 11) is 1.67. The van der Waals surface area contributed by atoms with Gasteiger partial charge in [0.2, 0.25) is 0 Å². The predicted octanol–water partition coefficient (Wildman–Crippen LogP) is 2.07. The van der Waals surface area contributed by atoms with Crippen molar-refractivity contribution in [3.05, 3.63) is 34.2 Å². The Morgan fingerprint density at radius 2 is 2.21 bits per heavy atom. The van der Waals surface area contributed by atoms with E-state index in [9.17, 15) is 9.59 Å². The Morgan fingerprint density at radius 1 is 1.47 bits per heavy atom. The number of carbonyl (C=O) groups is 1. The van der Waals surface area contributed by atoms with E-state index < -0.39 is 0 Å². The van der Waals surface area contributed by atoms with Crippen LogP contribution >= 0.6 is 15.9 Å². The SMILES string of the molecule is Cn1ccc(C(=O)NCC2CCCCC2Br)cc1=O. The summed E-state index contributed by atoms with van der Waals surface area (Å²) >= 11 is 3.68. The Labute approximate surface area is 121 Å². The Morgan fingerprint density at radius 3 is 2.89 bits per heavy atom. The molecule has 0 bridgehead atoms. The van der Waals surface area contributed by atoms with Gasteiger partial charge in [0.15, 0.2) is 0 Å². The van der Waals surface area contributed by atoms with Gasteiger partial charge in [0.05, 0.1) is 0 Å². The number of halogens is 1. The van der Waals surface area contributed by atoms with Crippen LogP contribution in [-0.4, -0.2) is 21.8 Å². The number of hydrogen-bond donors (Lipinski definition) is 1. The maximum atomic E-state index is 12.0. The first kappa shape index (κ1) is 14.3. The summed E-state index contributed by atoms with van der Waals surface area (Å²) in [5.41, 5.74) is 0.272. The summed E-state index contributed by atoms with van der Waals surface area (Å²) in [4.78, 5) is 24.0. The molecule has 0 aliphatic heterocycles. The number of carbonyl (C=O) groups excluding carboxylic acids is 1. The van der Waals surface area contributed by atoms with Gasteiger partial charge in [0.1, 0.15) is 0 Å². The minimum atomic E-state index is -0.164. The van der Waals surface area contributed by atoms with Crippen LogP contribution < -0.4 is 10.9 Å². The molecular weight excluding hydrogens is 308 g/mol. The van der Waals surface area contributed by atoms with Crippen molar-refractivity contribution in [1.82, 2.24) is 9.88 Å². The molecule has 4 nitrogen and oxygen atoms in total. The molecule has 0 saturated heterocycles. The Hall–Kier alpha value is -1.10. The molecule has 2 rings (SSSR count). The van der Waals surface area contributed by atoms with E-state index in [2.05, 4.69) is 21.2 Å². The lowest BCUT2D eigenvalue weighted by molar-refractivity contribution is 0.0944.